The van der Waals surface area contributed by atoms with Gasteiger partial charge in [0.05, 0.1) is 5.02 Å². The van der Waals surface area contributed by atoms with E-state index < -0.39 is 0 Å². The van der Waals surface area contributed by atoms with E-state index in [0.29, 0.717) is 10.9 Å². The third kappa shape index (κ3) is 2.95. The second-order valence-corrected chi connectivity index (χ2v) is 3.05. The van der Waals surface area contributed by atoms with Crippen molar-refractivity contribution in [3.05, 3.63) is 23.2 Å². The number of hydrogen-bond acceptors (Lipinski definition) is 3. The molecular formula is C7H10Cl3N3. The maximum Gasteiger partial charge on any atom is 0.133 e. The Balaban J connectivity index is 0.000000720. The van der Waals surface area contributed by atoms with Gasteiger partial charge in [-0.3, -0.25) is 0 Å². The van der Waals surface area contributed by atoms with Crippen molar-refractivity contribution in [2.75, 3.05) is 13.1 Å². The maximum absolute atomic E-state index is 5.64. The Morgan fingerprint density at radius 3 is 2.15 bits per heavy atom. The molecule has 1 N–H and O–H groups in total. The number of rotatable bonds is 1. The summed E-state index contributed by atoms with van der Waals surface area (Å²) >= 11 is 5.64. The number of nitrogens with zero attached hydrogens (tertiary/aromatic N) is 2. The van der Waals surface area contributed by atoms with Crippen LogP contribution in [0.25, 0.3) is 0 Å². The normalized spacial score (nSPS) is 15.2. The fourth-order valence-corrected chi connectivity index (χ4v) is 1.10. The first-order chi connectivity index (χ1) is 5.36. The molecule has 1 aromatic heterocycles. The Labute approximate surface area is 94.1 Å². The van der Waals surface area contributed by atoms with E-state index in [1.807, 2.05) is 0 Å². The molecule has 0 aliphatic carbocycles. The van der Waals surface area contributed by atoms with Crippen LogP contribution in [-0.2, 0) is 0 Å². The van der Waals surface area contributed by atoms with E-state index in [9.17, 15) is 0 Å². The molecule has 3 nitrogen and oxygen atoms in total. The third-order valence-electron chi connectivity index (χ3n) is 1.79. The van der Waals surface area contributed by atoms with E-state index in [-0.39, 0.29) is 24.8 Å². The molecule has 0 spiro atoms. The van der Waals surface area contributed by atoms with Gasteiger partial charge in [-0.05, 0) is 0 Å². The molecule has 0 radical (unpaired) electrons. The predicted molar refractivity (Wildman–Crippen MR) is 57.1 cm³/mol. The second-order valence-electron chi connectivity index (χ2n) is 2.61. The molecule has 13 heavy (non-hydrogen) atoms. The van der Waals surface area contributed by atoms with Crippen molar-refractivity contribution in [2.45, 2.75) is 5.92 Å². The molecule has 1 saturated heterocycles. The monoisotopic (exact) mass is 241 g/mol. The summed E-state index contributed by atoms with van der Waals surface area (Å²) in [6.07, 6.45) is 3.28. The van der Waals surface area contributed by atoms with Gasteiger partial charge in [-0.15, -0.1) is 24.8 Å². The fourth-order valence-electron chi connectivity index (χ4n) is 1.00. The van der Waals surface area contributed by atoms with Crippen LogP contribution in [0.3, 0.4) is 0 Å². The summed E-state index contributed by atoms with van der Waals surface area (Å²) in [6, 6.07) is 0. The van der Waals surface area contributed by atoms with Crippen molar-refractivity contribution < 1.29 is 0 Å². The van der Waals surface area contributed by atoms with Gasteiger partial charge in [0, 0.05) is 31.4 Å². The van der Waals surface area contributed by atoms with E-state index in [1.54, 1.807) is 12.4 Å². The van der Waals surface area contributed by atoms with E-state index >= 15 is 0 Å². The van der Waals surface area contributed by atoms with Crippen molar-refractivity contribution >= 4 is 36.4 Å². The zero-order valence-electron chi connectivity index (χ0n) is 6.74. The second kappa shape index (κ2) is 5.60. The van der Waals surface area contributed by atoms with Crippen molar-refractivity contribution in [1.29, 1.82) is 0 Å². The molecular weight excluding hydrogens is 232 g/mol. The fraction of sp³-hybridized carbons (Fsp3) is 0.429. The highest BCUT2D eigenvalue weighted by atomic mass is 35.5. The minimum atomic E-state index is 0. The third-order valence-corrected chi connectivity index (χ3v) is 1.98. The van der Waals surface area contributed by atoms with Gasteiger partial charge in [0.15, 0.2) is 0 Å². The lowest BCUT2D eigenvalue weighted by molar-refractivity contribution is 0.430. The summed E-state index contributed by atoms with van der Waals surface area (Å²) in [5.41, 5.74) is 0. The van der Waals surface area contributed by atoms with Crippen LogP contribution in [0, 0.1) is 0 Å². The topological polar surface area (TPSA) is 37.8 Å². The van der Waals surface area contributed by atoms with E-state index in [2.05, 4.69) is 15.3 Å². The molecule has 1 aliphatic rings. The molecule has 1 aliphatic heterocycles. The Hall–Kier alpha value is -0.0900. The molecule has 6 heteroatoms. The minimum Gasteiger partial charge on any atom is -0.315 e. The smallest absolute Gasteiger partial charge is 0.133 e. The average Bonchev–Trinajstić information content (AvgIpc) is 1.90. The summed E-state index contributed by atoms with van der Waals surface area (Å²) in [6.45, 7) is 1.98. The summed E-state index contributed by atoms with van der Waals surface area (Å²) in [5.74, 6) is 1.39. The predicted octanol–water partition coefficient (Wildman–Crippen LogP) is 1.66. The molecule has 0 unspecified atom stereocenters. The standard InChI is InChI=1S/C7H8ClN3.2ClH/c8-6-3-10-7(11-4-6)5-1-9-2-5;;/h3-5,9H,1-2H2;2*1H. The minimum absolute atomic E-state index is 0. The highest BCUT2D eigenvalue weighted by molar-refractivity contribution is 6.30. The Morgan fingerprint density at radius 2 is 1.77 bits per heavy atom. The number of hydrogen-bond donors (Lipinski definition) is 1. The van der Waals surface area contributed by atoms with Crippen molar-refractivity contribution in [1.82, 2.24) is 15.3 Å². The average molecular weight is 243 g/mol. The van der Waals surface area contributed by atoms with Crippen LogP contribution in [0.4, 0.5) is 0 Å². The molecule has 0 bridgehead atoms. The van der Waals surface area contributed by atoms with E-state index in [0.717, 1.165) is 18.9 Å². The van der Waals surface area contributed by atoms with Crippen LogP contribution < -0.4 is 5.32 Å². The first-order valence-electron chi connectivity index (χ1n) is 3.54. The van der Waals surface area contributed by atoms with Crippen LogP contribution in [-0.4, -0.2) is 23.1 Å². The lowest BCUT2D eigenvalue weighted by Crippen LogP contribution is -2.40. The Kier molecular flexibility index (Phi) is 5.56. The van der Waals surface area contributed by atoms with Crippen LogP contribution in [0.15, 0.2) is 12.4 Å². The summed E-state index contributed by atoms with van der Waals surface area (Å²) in [7, 11) is 0. The van der Waals surface area contributed by atoms with Gasteiger partial charge in [0.2, 0.25) is 0 Å². The molecule has 1 fully saturated rings. The highest BCUT2D eigenvalue weighted by Crippen LogP contribution is 2.15. The van der Waals surface area contributed by atoms with Crippen LogP contribution in [0.5, 0.6) is 0 Å². The molecule has 0 saturated carbocycles. The Morgan fingerprint density at radius 1 is 1.23 bits per heavy atom. The van der Waals surface area contributed by atoms with Gasteiger partial charge in [-0.1, -0.05) is 11.6 Å². The first-order valence-corrected chi connectivity index (χ1v) is 3.92. The Bertz CT molecular complexity index is 248. The quantitative estimate of drug-likeness (QED) is 0.814. The van der Waals surface area contributed by atoms with Crippen LogP contribution in [0.1, 0.15) is 11.7 Å². The zero-order valence-corrected chi connectivity index (χ0v) is 9.12. The summed E-state index contributed by atoms with van der Waals surface area (Å²) < 4.78 is 0. The first kappa shape index (κ1) is 12.9. The number of aromatic nitrogens is 2. The van der Waals surface area contributed by atoms with Gasteiger partial charge in [-0.2, -0.15) is 0 Å². The van der Waals surface area contributed by atoms with E-state index in [4.69, 9.17) is 11.6 Å². The maximum atomic E-state index is 5.64. The van der Waals surface area contributed by atoms with Gasteiger partial charge in [-0.25, -0.2) is 9.97 Å². The molecule has 0 aromatic carbocycles. The molecule has 2 rings (SSSR count). The lowest BCUT2D eigenvalue weighted by Gasteiger charge is -2.25. The van der Waals surface area contributed by atoms with Crippen molar-refractivity contribution in [2.24, 2.45) is 0 Å². The van der Waals surface area contributed by atoms with Crippen molar-refractivity contribution in [3.8, 4) is 0 Å². The van der Waals surface area contributed by atoms with E-state index in [1.165, 1.54) is 0 Å². The highest BCUT2D eigenvalue weighted by Gasteiger charge is 2.20. The number of nitrogens with one attached hydrogen (secondary N) is 1. The van der Waals surface area contributed by atoms with Crippen LogP contribution in [0.2, 0.25) is 5.02 Å². The molecule has 74 valence electrons. The van der Waals surface area contributed by atoms with Crippen molar-refractivity contribution in [3.63, 3.8) is 0 Å². The zero-order chi connectivity index (χ0) is 7.68. The van der Waals surface area contributed by atoms with Gasteiger partial charge < -0.3 is 5.32 Å². The summed E-state index contributed by atoms with van der Waals surface area (Å²) in [4.78, 5) is 8.23. The van der Waals surface area contributed by atoms with Gasteiger partial charge >= 0.3 is 0 Å². The molecule has 1 aromatic rings. The largest absolute Gasteiger partial charge is 0.315 e. The molecule has 0 amide bonds. The number of halogens is 3. The van der Waals surface area contributed by atoms with Crippen LogP contribution >= 0.6 is 36.4 Å². The van der Waals surface area contributed by atoms with Gasteiger partial charge in [0.25, 0.3) is 0 Å². The SMILES string of the molecule is Cl.Cl.Clc1cnc(C2CNC2)nc1. The lowest BCUT2D eigenvalue weighted by atomic mass is 10.0. The summed E-state index contributed by atoms with van der Waals surface area (Å²) in [5, 5.41) is 3.76. The molecule has 0 atom stereocenters. The van der Waals surface area contributed by atoms with Gasteiger partial charge in [0.1, 0.15) is 5.82 Å². The molecule has 2 heterocycles.